The van der Waals surface area contributed by atoms with Gasteiger partial charge in [-0.2, -0.15) is 4.39 Å². The number of aromatic hydroxyl groups is 1. The molecule has 1 aliphatic rings. The molecule has 2 aromatic rings. The summed E-state index contributed by atoms with van der Waals surface area (Å²) < 4.78 is 58.1. The normalized spacial score (nSPS) is 19.1. The van der Waals surface area contributed by atoms with E-state index >= 15 is 0 Å². The van der Waals surface area contributed by atoms with Crippen molar-refractivity contribution in [1.82, 2.24) is 0 Å². The van der Waals surface area contributed by atoms with Crippen LogP contribution in [0.2, 0.25) is 0 Å². The van der Waals surface area contributed by atoms with Crippen LogP contribution in [0.4, 0.5) is 13.2 Å². The van der Waals surface area contributed by atoms with E-state index in [0.29, 0.717) is 32.7 Å². The van der Waals surface area contributed by atoms with Crippen molar-refractivity contribution >= 4 is 0 Å². The molecule has 0 aliphatic carbocycles. The first-order valence-electron chi connectivity index (χ1n) is 9.41. The molecule has 0 unspecified atom stereocenters. The van der Waals surface area contributed by atoms with Crippen molar-refractivity contribution in [2.45, 2.75) is 31.5 Å². The Morgan fingerprint density at radius 1 is 1.10 bits per heavy atom. The summed E-state index contributed by atoms with van der Waals surface area (Å²) in [6, 6.07) is 7.22. The van der Waals surface area contributed by atoms with Crippen LogP contribution in [0.3, 0.4) is 0 Å². The molecule has 1 fully saturated rings. The lowest BCUT2D eigenvalue weighted by atomic mass is 9.99. The second-order valence-corrected chi connectivity index (χ2v) is 6.82. The Balaban J connectivity index is 1.51. The summed E-state index contributed by atoms with van der Waals surface area (Å²) in [6.45, 7) is 4.61. The van der Waals surface area contributed by atoms with E-state index in [1.807, 2.05) is 0 Å². The fourth-order valence-electron chi connectivity index (χ4n) is 3.09. The van der Waals surface area contributed by atoms with Crippen molar-refractivity contribution in [1.29, 1.82) is 0 Å². The van der Waals surface area contributed by atoms with Crippen LogP contribution in [0, 0.1) is 17.5 Å². The Hall–Kier alpha value is -2.51. The molecule has 0 spiro atoms. The smallest absolute Gasteiger partial charge is 0.200 e. The fourth-order valence-corrected chi connectivity index (χ4v) is 3.09. The number of rotatable bonds is 8. The molecule has 0 bridgehead atoms. The van der Waals surface area contributed by atoms with Crippen LogP contribution in [-0.2, 0) is 15.9 Å². The monoisotopic (exact) mass is 408 g/mol. The minimum Gasteiger partial charge on any atom is -0.505 e. The van der Waals surface area contributed by atoms with E-state index < -0.39 is 29.5 Å². The summed E-state index contributed by atoms with van der Waals surface area (Å²) in [5.74, 6) is -3.43. The van der Waals surface area contributed by atoms with Crippen LogP contribution < -0.4 is 4.74 Å². The Morgan fingerprint density at radius 3 is 2.55 bits per heavy atom. The second kappa shape index (κ2) is 9.80. The molecular formula is C22H23F3O4. The van der Waals surface area contributed by atoms with Crippen LogP contribution in [-0.4, -0.2) is 31.2 Å². The standard InChI is InChI=1S/C22H23F3O4/c1-2-3-10-27-19-8-5-15(11-17(19)23)16-12-28-20(29-13-16)9-6-14-4-7-18(26)22(25)21(14)24/h2,4-5,7-8,11,16,20,26H,1,3,6,9-10,12-13H2. The molecule has 29 heavy (non-hydrogen) atoms. The third-order valence-corrected chi connectivity index (χ3v) is 4.76. The maximum Gasteiger partial charge on any atom is 0.200 e. The van der Waals surface area contributed by atoms with Gasteiger partial charge in [-0.25, -0.2) is 8.78 Å². The highest BCUT2D eigenvalue weighted by Gasteiger charge is 2.25. The molecular weight excluding hydrogens is 385 g/mol. The van der Waals surface area contributed by atoms with Crippen molar-refractivity contribution in [3.63, 3.8) is 0 Å². The zero-order valence-electron chi connectivity index (χ0n) is 15.9. The summed E-state index contributed by atoms with van der Waals surface area (Å²) in [7, 11) is 0. The molecule has 0 saturated carbocycles. The number of benzene rings is 2. The van der Waals surface area contributed by atoms with Gasteiger partial charge in [0.25, 0.3) is 0 Å². The number of halogens is 3. The highest BCUT2D eigenvalue weighted by atomic mass is 19.2. The minimum absolute atomic E-state index is 0.133. The van der Waals surface area contributed by atoms with Gasteiger partial charge in [0.1, 0.15) is 0 Å². The van der Waals surface area contributed by atoms with E-state index in [2.05, 4.69) is 6.58 Å². The van der Waals surface area contributed by atoms with E-state index in [1.54, 1.807) is 18.2 Å². The van der Waals surface area contributed by atoms with Crippen molar-refractivity contribution in [3.05, 3.63) is 71.6 Å². The molecule has 4 nitrogen and oxygen atoms in total. The van der Waals surface area contributed by atoms with E-state index in [-0.39, 0.29) is 23.7 Å². The third kappa shape index (κ3) is 5.31. The Bertz CT molecular complexity index is 848. The van der Waals surface area contributed by atoms with Gasteiger partial charge in [0.05, 0.1) is 19.8 Å². The third-order valence-electron chi connectivity index (χ3n) is 4.76. The average molecular weight is 408 g/mol. The first kappa shape index (κ1) is 21.2. The van der Waals surface area contributed by atoms with Crippen LogP contribution >= 0.6 is 0 Å². The summed E-state index contributed by atoms with van der Waals surface area (Å²) in [5.41, 5.74) is 0.882. The van der Waals surface area contributed by atoms with E-state index in [0.717, 1.165) is 11.6 Å². The van der Waals surface area contributed by atoms with Crippen molar-refractivity contribution in [3.8, 4) is 11.5 Å². The lowest BCUT2D eigenvalue weighted by Crippen LogP contribution is -2.31. The van der Waals surface area contributed by atoms with E-state index in [1.165, 1.54) is 12.1 Å². The molecule has 0 aromatic heterocycles. The predicted octanol–water partition coefficient (Wildman–Crippen LogP) is 4.85. The Kier molecular flexibility index (Phi) is 7.17. The van der Waals surface area contributed by atoms with Gasteiger partial charge < -0.3 is 19.3 Å². The number of ether oxygens (including phenoxy) is 3. The van der Waals surface area contributed by atoms with Gasteiger partial charge in [-0.15, -0.1) is 6.58 Å². The topological polar surface area (TPSA) is 47.9 Å². The SMILES string of the molecule is C=CCCOc1ccc(C2COC(CCc3ccc(O)c(F)c3F)OC2)cc1F. The van der Waals surface area contributed by atoms with Gasteiger partial charge in [-0.3, -0.25) is 0 Å². The largest absolute Gasteiger partial charge is 0.505 e. The molecule has 0 radical (unpaired) electrons. The predicted molar refractivity (Wildman–Crippen MR) is 101 cm³/mol. The molecule has 7 heteroatoms. The molecule has 3 rings (SSSR count). The lowest BCUT2D eigenvalue weighted by Gasteiger charge is -2.30. The van der Waals surface area contributed by atoms with E-state index in [4.69, 9.17) is 19.3 Å². The zero-order chi connectivity index (χ0) is 20.8. The molecule has 156 valence electrons. The lowest BCUT2D eigenvalue weighted by molar-refractivity contribution is -0.189. The maximum absolute atomic E-state index is 14.2. The summed E-state index contributed by atoms with van der Waals surface area (Å²) >= 11 is 0. The number of phenols is 1. The van der Waals surface area contributed by atoms with E-state index in [9.17, 15) is 13.2 Å². The van der Waals surface area contributed by atoms with Gasteiger partial charge in [-0.05, 0) is 42.2 Å². The fraction of sp³-hybridized carbons (Fsp3) is 0.364. The van der Waals surface area contributed by atoms with Gasteiger partial charge in [-0.1, -0.05) is 18.2 Å². The highest BCUT2D eigenvalue weighted by Crippen LogP contribution is 2.28. The number of hydrogen-bond acceptors (Lipinski definition) is 4. The number of hydrogen-bond donors (Lipinski definition) is 1. The molecule has 1 aliphatic heterocycles. The highest BCUT2D eigenvalue weighted by molar-refractivity contribution is 5.32. The van der Waals surface area contributed by atoms with Crippen molar-refractivity contribution in [2.24, 2.45) is 0 Å². The Labute approximate surface area is 167 Å². The molecule has 1 heterocycles. The quantitative estimate of drug-likeness (QED) is 0.501. The van der Waals surface area contributed by atoms with Crippen LogP contribution in [0.25, 0.3) is 0 Å². The zero-order valence-corrected chi connectivity index (χ0v) is 15.9. The van der Waals surface area contributed by atoms with Crippen LogP contribution in [0.1, 0.15) is 29.9 Å². The van der Waals surface area contributed by atoms with Crippen LogP contribution in [0.5, 0.6) is 11.5 Å². The summed E-state index contributed by atoms with van der Waals surface area (Å²) in [4.78, 5) is 0. The Morgan fingerprint density at radius 2 is 1.86 bits per heavy atom. The van der Waals surface area contributed by atoms with Gasteiger partial charge in [0.15, 0.2) is 29.4 Å². The van der Waals surface area contributed by atoms with Gasteiger partial charge >= 0.3 is 0 Å². The van der Waals surface area contributed by atoms with Crippen molar-refractivity contribution in [2.75, 3.05) is 19.8 Å². The number of aryl methyl sites for hydroxylation is 1. The van der Waals surface area contributed by atoms with Crippen LogP contribution in [0.15, 0.2) is 43.0 Å². The molecule has 0 atom stereocenters. The summed E-state index contributed by atoms with van der Waals surface area (Å²) in [6.07, 6.45) is 2.30. The molecule has 0 amide bonds. The molecule has 1 saturated heterocycles. The van der Waals surface area contributed by atoms with Gasteiger partial charge in [0.2, 0.25) is 5.82 Å². The average Bonchev–Trinajstić information content (AvgIpc) is 2.73. The maximum atomic E-state index is 14.2. The first-order chi connectivity index (χ1) is 14.0. The second-order valence-electron chi connectivity index (χ2n) is 6.82. The summed E-state index contributed by atoms with van der Waals surface area (Å²) in [5, 5.41) is 9.17. The molecule has 2 aromatic carbocycles. The van der Waals surface area contributed by atoms with Gasteiger partial charge in [0, 0.05) is 12.3 Å². The number of phenolic OH excluding ortho intramolecular Hbond substituents is 1. The van der Waals surface area contributed by atoms with Crippen molar-refractivity contribution < 1.29 is 32.5 Å². The molecule has 1 N–H and O–H groups in total. The first-order valence-corrected chi connectivity index (χ1v) is 9.41. The minimum atomic E-state index is -1.26.